The van der Waals surface area contributed by atoms with E-state index >= 15 is 0 Å². The van der Waals surface area contributed by atoms with Crippen molar-refractivity contribution in [3.63, 3.8) is 0 Å². The van der Waals surface area contributed by atoms with Crippen LogP contribution in [0, 0.1) is 12.7 Å². The summed E-state index contributed by atoms with van der Waals surface area (Å²) in [7, 11) is 1.47. The highest BCUT2D eigenvalue weighted by Crippen LogP contribution is 2.47. The van der Waals surface area contributed by atoms with Gasteiger partial charge in [-0.05, 0) is 56.5 Å². The lowest BCUT2D eigenvalue weighted by Crippen LogP contribution is -2.65. The van der Waals surface area contributed by atoms with Gasteiger partial charge in [0.15, 0.2) is 0 Å². The number of anilines is 1. The van der Waals surface area contributed by atoms with E-state index in [4.69, 9.17) is 0 Å². The van der Waals surface area contributed by atoms with Gasteiger partial charge in [-0.1, -0.05) is 6.07 Å². The van der Waals surface area contributed by atoms with Crippen LogP contribution < -0.4 is 5.32 Å². The monoisotopic (exact) mass is 639 g/mol. The smallest absolute Gasteiger partial charge is 0.433 e. The summed E-state index contributed by atoms with van der Waals surface area (Å²) in [5.41, 5.74) is -6.45. The Labute approximate surface area is 250 Å². The number of hydrogen-bond acceptors (Lipinski definition) is 7. The molecule has 2 heterocycles. The van der Waals surface area contributed by atoms with Gasteiger partial charge in [-0.25, -0.2) is 19.4 Å². The number of carbonyl (C=O) groups is 2. The molecule has 0 radical (unpaired) electrons. The van der Waals surface area contributed by atoms with E-state index in [9.17, 15) is 50.5 Å². The van der Waals surface area contributed by atoms with Gasteiger partial charge in [0.25, 0.3) is 11.8 Å². The fourth-order valence-electron chi connectivity index (χ4n) is 5.34. The summed E-state index contributed by atoms with van der Waals surface area (Å²) < 4.78 is 95.7. The molecule has 238 valence electrons. The van der Waals surface area contributed by atoms with Gasteiger partial charge in [-0.15, -0.1) is 0 Å². The quantitative estimate of drug-likeness (QED) is 0.235. The number of benzene rings is 2. The number of hydrogen-bond donors (Lipinski definition) is 3. The standard InChI is InChI=1S/C29H24F7N5O4/c1-14-20(42)7-4-15(23(14)30)12-41-26(45)22(24(43)27(40(41)2)8-3-9-27)25(44)39-18-6-5-16(28(31,32)33)10-17(18)19-11-21(29(34,35)36)38-13-37-19/h4-7,10-11,13,42-43H,3,8-9,12H2,1-2H3,(H,39,44). The van der Waals surface area contributed by atoms with Gasteiger partial charge < -0.3 is 15.5 Å². The largest absolute Gasteiger partial charge is 0.509 e. The number of rotatable bonds is 5. The summed E-state index contributed by atoms with van der Waals surface area (Å²) in [5, 5.41) is 25.7. The number of aliphatic hydroxyl groups excluding tert-OH is 1. The lowest BCUT2D eigenvalue weighted by Gasteiger charge is -2.54. The van der Waals surface area contributed by atoms with Crippen LogP contribution in [0.1, 0.15) is 41.6 Å². The van der Waals surface area contributed by atoms with E-state index in [0.29, 0.717) is 43.8 Å². The molecule has 0 unspecified atom stereocenters. The fourth-order valence-corrected chi connectivity index (χ4v) is 5.34. The molecule has 45 heavy (non-hydrogen) atoms. The molecule has 1 aliphatic carbocycles. The van der Waals surface area contributed by atoms with Crippen molar-refractivity contribution in [2.45, 2.75) is 50.6 Å². The van der Waals surface area contributed by atoms with Crippen molar-refractivity contribution < 1.29 is 50.5 Å². The summed E-state index contributed by atoms with van der Waals surface area (Å²) in [5.74, 6) is -4.09. The van der Waals surface area contributed by atoms with E-state index in [0.717, 1.165) is 11.1 Å². The van der Waals surface area contributed by atoms with Crippen molar-refractivity contribution in [3.05, 3.63) is 82.3 Å². The third kappa shape index (κ3) is 5.54. The molecule has 1 aromatic heterocycles. The summed E-state index contributed by atoms with van der Waals surface area (Å²) in [6.07, 6.45) is -8.20. The van der Waals surface area contributed by atoms with Crippen LogP contribution in [0.5, 0.6) is 5.75 Å². The van der Waals surface area contributed by atoms with Crippen molar-refractivity contribution in [3.8, 4) is 17.0 Å². The van der Waals surface area contributed by atoms with Gasteiger partial charge in [-0.2, -0.15) is 26.3 Å². The maximum Gasteiger partial charge on any atom is 0.433 e. The Bertz CT molecular complexity index is 1730. The normalized spacial score (nSPS) is 17.1. The first-order valence-electron chi connectivity index (χ1n) is 13.3. The van der Waals surface area contributed by atoms with Crippen LogP contribution in [0.2, 0.25) is 0 Å². The Morgan fingerprint density at radius 1 is 1.02 bits per heavy atom. The minimum Gasteiger partial charge on any atom is -0.509 e. The predicted octanol–water partition coefficient (Wildman–Crippen LogP) is 5.90. The van der Waals surface area contributed by atoms with E-state index in [1.807, 2.05) is 0 Å². The molecule has 16 heteroatoms. The van der Waals surface area contributed by atoms with Crippen LogP contribution >= 0.6 is 0 Å². The third-order valence-corrected chi connectivity index (χ3v) is 8.10. The van der Waals surface area contributed by atoms with Crippen LogP contribution in [0.25, 0.3) is 11.3 Å². The lowest BCUT2D eigenvalue weighted by atomic mass is 9.72. The summed E-state index contributed by atoms with van der Waals surface area (Å²) in [4.78, 5) is 34.1. The molecule has 0 bridgehead atoms. The molecule has 3 aromatic rings. The maximum absolute atomic E-state index is 15.0. The van der Waals surface area contributed by atoms with Crippen LogP contribution in [0.4, 0.5) is 36.4 Å². The van der Waals surface area contributed by atoms with Crippen LogP contribution in [-0.2, 0) is 28.5 Å². The highest BCUT2D eigenvalue weighted by molar-refractivity contribution is 6.24. The number of nitrogens with zero attached hydrogens (tertiary/aromatic N) is 4. The maximum atomic E-state index is 15.0. The van der Waals surface area contributed by atoms with Gasteiger partial charge in [0.1, 0.15) is 34.9 Å². The first kappa shape index (κ1) is 31.7. The van der Waals surface area contributed by atoms with E-state index in [1.165, 1.54) is 31.1 Å². The SMILES string of the molecule is Cc1c(O)ccc(CN2C(=O)C(C(=O)Nc3ccc(C(F)(F)F)cc3-c3cc(C(F)(F)F)ncn3)=C(O)C3(CCC3)N2C)c1F. The van der Waals surface area contributed by atoms with Crippen LogP contribution in [-0.4, -0.2) is 54.6 Å². The van der Waals surface area contributed by atoms with Crippen molar-refractivity contribution >= 4 is 17.5 Å². The molecule has 0 atom stereocenters. The van der Waals surface area contributed by atoms with Gasteiger partial charge in [0, 0.05) is 23.7 Å². The first-order valence-corrected chi connectivity index (χ1v) is 13.3. The molecular formula is C29H24F7N5O4. The number of aliphatic hydroxyl groups is 1. The highest BCUT2D eigenvalue weighted by Gasteiger charge is 2.55. The van der Waals surface area contributed by atoms with E-state index in [-0.39, 0.29) is 16.9 Å². The second kappa shape index (κ2) is 11.0. The molecule has 1 aliphatic heterocycles. The van der Waals surface area contributed by atoms with Crippen LogP contribution in [0.15, 0.2) is 54.1 Å². The summed E-state index contributed by atoms with van der Waals surface area (Å²) >= 11 is 0. The Balaban J connectivity index is 1.56. The minimum absolute atomic E-state index is 0.0182. The highest BCUT2D eigenvalue weighted by atomic mass is 19.4. The van der Waals surface area contributed by atoms with Gasteiger partial charge >= 0.3 is 12.4 Å². The Kier molecular flexibility index (Phi) is 7.75. The number of aromatic hydroxyl groups is 1. The number of carbonyl (C=O) groups excluding carboxylic acids is 2. The molecule has 2 aliphatic rings. The average molecular weight is 640 g/mol. The van der Waals surface area contributed by atoms with Crippen LogP contribution in [0.3, 0.4) is 0 Å². The van der Waals surface area contributed by atoms with E-state index < -0.39 is 81.6 Å². The lowest BCUT2D eigenvalue weighted by molar-refractivity contribution is -0.172. The van der Waals surface area contributed by atoms with Crippen molar-refractivity contribution in [1.29, 1.82) is 0 Å². The zero-order valence-electron chi connectivity index (χ0n) is 23.5. The number of halogens is 7. The van der Waals surface area contributed by atoms with Crippen molar-refractivity contribution in [2.75, 3.05) is 12.4 Å². The molecule has 1 saturated carbocycles. The first-order chi connectivity index (χ1) is 21.0. The molecule has 0 saturated heterocycles. The second-order valence-corrected chi connectivity index (χ2v) is 10.7. The predicted molar refractivity (Wildman–Crippen MR) is 143 cm³/mol. The zero-order valence-corrected chi connectivity index (χ0v) is 23.5. The fraction of sp³-hybridized carbons (Fsp3) is 0.310. The molecule has 1 spiro atoms. The Morgan fingerprint density at radius 3 is 2.31 bits per heavy atom. The van der Waals surface area contributed by atoms with Crippen molar-refractivity contribution in [1.82, 2.24) is 20.0 Å². The molecule has 9 nitrogen and oxygen atoms in total. The average Bonchev–Trinajstić information content (AvgIpc) is 2.93. The number of hydrazine groups is 1. The summed E-state index contributed by atoms with van der Waals surface area (Å²) in [6, 6.07) is 4.72. The number of nitrogens with one attached hydrogen (secondary N) is 1. The summed E-state index contributed by atoms with van der Waals surface area (Å²) in [6.45, 7) is 0.908. The van der Waals surface area contributed by atoms with Gasteiger partial charge in [0.2, 0.25) is 0 Å². The molecule has 2 aromatic carbocycles. The number of likely N-dealkylation sites (N-methyl/N-ethyl adjacent to an activating group) is 1. The zero-order chi connectivity index (χ0) is 33.1. The number of alkyl halides is 6. The molecular weight excluding hydrogens is 615 g/mol. The number of amides is 2. The number of phenols is 1. The van der Waals surface area contributed by atoms with Crippen molar-refractivity contribution in [2.24, 2.45) is 0 Å². The second-order valence-electron chi connectivity index (χ2n) is 10.7. The number of phenolic OH excluding ortho intramolecular Hbond substituents is 1. The third-order valence-electron chi connectivity index (χ3n) is 8.10. The number of aromatic nitrogens is 2. The molecule has 1 fully saturated rings. The Morgan fingerprint density at radius 2 is 1.71 bits per heavy atom. The molecule has 5 rings (SSSR count). The molecule has 3 N–H and O–H groups in total. The minimum atomic E-state index is -4.96. The van der Waals surface area contributed by atoms with Gasteiger partial charge in [0.05, 0.1) is 29.0 Å². The van der Waals surface area contributed by atoms with E-state index in [2.05, 4.69) is 15.3 Å². The Hall–Kier alpha value is -4.73. The molecule has 2 amide bonds. The van der Waals surface area contributed by atoms with E-state index in [1.54, 1.807) is 0 Å². The van der Waals surface area contributed by atoms with Gasteiger partial charge in [-0.3, -0.25) is 14.6 Å². The topological polar surface area (TPSA) is 119 Å².